The van der Waals surface area contributed by atoms with Crippen LogP contribution < -0.4 is 14.8 Å². The molecule has 35 heavy (non-hydrogen) atoms. The van der Waals surface area contributed by atoms with E-state index in [0.717, 1.165) is 5.56 Å². The van der Waals surface area contributed by atoms with Gasteiger partial charge in [-0.05, 0) is 40.6 Å². The zero-order valence-corrected chi connectivity index (χ0v) is 19.3. The summed E-state index contributed by atoms with van der Waals surface area (Å²) in [5.74, 6) is -0.621. The maximum Gasteiger partial charge on any atom is 0.414 e. The van der Waals surface area contributed by atoms with Crippen LogP contribution in [0.5, 0.6) is 0 Å². The van der Waals surface area contributed by atoms with Gasteiger partial charge in [-0.15, -0.1) is 0 Å². The molecule has 0 radical (unpaired) electrons. The van der Waals surface area contributed by atoms with Crippen LogP contribution in [0.1, 0.15) is 12.5 Å². The lowest BCUT2D eigenvalue weighted by Gasteiger charge is -2.14. The van der Waals surface area contributed by atoms with Crippen molar-refractivity contribution in [1.82, 2.24) is 5.32 Å². The van der Waals surface area contributed by atoms with E-state index in [-0.39, 0.29) is 19.0 Å². The van der Waals surface area contributed by atoms with E-state index in [1.165, 1.54) is 34.2 Å². The van der Waals surface area contributed by atoms with Crippen molar-refractivity contribution in [3.05, 3.63) is 96.6 Å². The van der Waals surface area contributed by atoms with E-state index in [9.17, 15) is 9.59 Å². The molecule has 1 aliphatic rings. The molecule has 0 spiro atoms. The van der Waals surface area contributed by atoms with Gasteiger partial charge in [0, 0.05) is 30.2 Å². The van der Waals surface area contributed by atoms with E-state index in [1.54, 1.807) is 12.1 Å². The van der Waals surface area contributed by atoms with Gasteiger partial charge in [0.1, 0.15) is 11.9 Å². The van der Waals surface area contributed by atoms with E-state index in [4.69, 9.17) is 4.74 Å². The molecule has 1 aliphatic heterocycles. The second-order valence-electron chi connectivity index (χ2n) is 8.66. The number of amides is 2. The highest BCUT2D eigenvalue weighted by molar-refractivity contribution is 5.90. The number of nitrogens with one attached hydrogen (secondary N) is 1. The fraction of sp³-hybridized carbons (Fsp3) is 0.179. The highest BCUT2D eigenvalue weighted by Gasteiger charge is 2.32. The summed E-state index contributed by atoms with van der Waals surface area (Å²) >= 11 is 0. The number of carbonyl (C=O) groups excluding carboxylic acids is 2. The number of benzene rings is 3. The summed E-state index contributed by atoms with van der Waals surface area (Å²) < 4.78 is 22.3. The average Bonchev–Trinajstić information content (AvgIpc) is 3.24. The van der Waals surface area contributed by atoms with Gasteiger partial charge in [0.25, 0.3) is 0 Å². The molecule has 1 N–H and O–H groups in total. The van der Waals surface area contributed by atoms with Crippen LogP contribution in [0, 0.1) is 5.82 Å². The molecule has 0 bridgehead atoms. The smallest absolute Gasteiger partial charge is 0.414 e. The van der Waals surface area contributed by atoms with Crippen LogP contribution in [0.25, 0.3) is 21.9 Å². The number of hydrogen-bond donors (Lipinski definition) is 1. The van der Waals surface area contributed by atoms with Gasteiger partial charge in [-0.3, -0.25) is 9.69 Å². The van der Waals surface area contributed by atoms with Gasteiger partial charge in [-0.1, -0.05) is 36.4 Å². The minimum atomic E-state index is -0.554. The van der Waals surface area contributed by atoms with Crippen LogP contribution in [0.4, 0.5) is 14.9 Å². The highest BCUT2D eigenvalue weighted by Crippen LogP contribution is 2.28. The number of anilines is 1. The summed E-state index contributed by atoms with van der Waals surface area (Å²) in [4.78, 5) is 24.7. The molecule has 5 rings (SSSR count). The SMILES string of the molecule is CC(=O)NC[C@H]1CN(c2ccc(-c3cc[n+](Cc4ccc5ccccc5c4)cc3)c(F)c2)C(=O)O1. The Labute approximate surface area is 202 Å². The number of rotatable bonds is 6. The second-order valence-corrected chi connectivity index (χ2v) is 8.66. The van der Waals surface area contributed by atoms with Gasteiger partial charge in [-0.2, -0.15) is 0 Å². The van der Waals surface area contributed by atoms with Gasteiger partial charge >= 0.3 is 6.09 Å². The lowest BCUT2D eigenvalue weighted by molar-refractivity contribution is -0.688. The maximum absolute atomic E-state index is 15.0. The van der Waals surface area contributed by atoms with E-state index in [0.29, 0.717) is 17.8 Å². The van der Waals surface area contributed by atoms with Crippen LogP contribution in [-0.2, 0) is 16.1 Å². The summed E-state index contributed by atoms with van der Waals surface area (Å²) in [5, 5.41) is 5.04. The van der Waals surface area contributed by atoms with Gasteiger partial charge in [0.2, 0.25) is 5.91 Å². The number of nitrogens with zero attached hydrogens (tertiary/aromatic N) is 2. The van der Waals surface area contributed by atoms with E-state index in [2.05, 4.69) is 40.2 Å². The Kier molecular flexibility index (Phi) is 6.14. The summed E-state index contributed by atoms with van der Waals surface area (Å²) in [6.07, 6.45) is 2.84. The molecule has 0 aliphatic carbocycles. The van der Waals surface area contributed by atoms with Gasteiger partial charge < -0.3 is 10.1 Å². The van der Waals surface area contributed by atoms with E-state index in [1.807, 2.05) is 36.7 Å². The zero-order valence-electron chi connectivity index (χ0n) is 19.3. The Morgan fingerprint density at radius 3 is 2.57 bits per heavy atom. The monoisotopic (exact) mass is 470 g/mol. The largest absolute Gasteiger partial charge is 0.442 e. The number of fused-ring (bicyclic) bond motifs is 1. The number of aromatic nitrogens is 1. The average molecular weight is 471 g/mol. The van der Waals surface area contributed by atoms with Crippen LogP contribution in [0.15, 0.2) is 85.2 Å². The molecule has 1 saturated heterocycles. The van der Waals surface area contributed by atoms with Crippen LogP contribution in [-0.4, -0.2) is 31.2 Å². The first-order valence-electron chi connectivity index (χ1n) is 11.5. The molecule has 2 heterocycles. The number of carbonyl (C=O) groups is 2. The Balaban J connectivity index is 1.28. The number of hydrogen-bond acceptors (Lipinski definition) is 3. The third kappa shape index (κ3) is 4.99. The molecule has 1 atom stereocenters. The Morgan fingerprint density at radius 2 is 1.83 bits per heavy atom. The highest BCUT2D eigenvalue weighted by atomic mass is 19.1. The molecule has 7 heteroatoms. The predicted molar refractivity (Wildman–Crippen MR) is 131 cm³/mol. The molecule has 1 fully saturated rings. The molecular weight excluding hydrogens is 445 g/mol. The minimum Gasteiger partial charge on any atom is -0.442 e. The quantitative estimate of drug-likeness (QED) is 0.424. The molecule has 1 aromatic heterocycles. The second kappa shape index (κ2) is 9.54. The normalized spacial score (nSPS) is 15.3. The van der Waals surface area contributed by atoms with Crippen molar-refractivity contribution in [2.45, 2.75) is 19.6 Å². The maximum atomic E-state index is 15.0. The fourth-order valence-corrected chi connectivity index (χ4v) is 4.29. The molecule has 3 aromatic carbocycles. The van der Waals surface area contributed by atoms with Gasteiger partial charge in [0.05, 0.1) is 18.8 Å². The standard InChI is InChI=1S/C28H24FN3O3/c1-19(33)30-16-25-18-32(28(34)35-25)24-8-9-26(27(29)15-24)22-10-12-31(13-11-22)17-20-6-7-21-4-2-3-5-23(21)14-20/h2-15,25H,16-18H2,1H3/p+1/t25-/m0/s1. The Hall–Kier alpha value is -4.26. The third-order valence-corrected chi connectivity index (χ3v) is 6.10. The van der Waals surface area contributed by atoms with Gasteiger partial charge in [-0.25, -0.2) is 13.8 Å². The first-order valence-corrected chi connectivity index (χ1v) is 11.5. The zero-order chi connectivity index (χ0) is 24.4. The van der Waals surface area contributed by atoms with E-state index < -0.39 is 18.0 Å². The lowest BCUT2D eigenvalue weighted by Crippen LogP contribution is -2.33. The van der Waals surface area contributed by atoms with Gasteiger partial charge in [0.15, 0.2) is 18.9 Å². The summed E-state index contributed by atoms with van der Waals surface area (Å²) in [6, 6.07) is 23.2. The molecule has 2 amide bonds. The van der Waals surface area contributed by atoms with E-state index >= 15 is 4.39 Å². The molecule has 6 nitrogen and oxygen atoms in total. The first kappa shape index (κ1) is 22.5. The van der Waals surface area contributed by atoms with Crippen LogP contribution >= 0.6 is 0 Å². The van der Waals surface area contributed by atoms with Crippen molar-refractivity contribution in [2.24, 2.45) is 0 Å². The lowest BCUT2D eigenvalue weighted by atomic mass is 10.1. The fourth-order valence-electron chi connectivity index (χ4n) is 4.29. The van der Waals surface area contributed by atoms with Crippen LogP contribution in [0.2, 0.25) is 0 Å². The first-order chi connectivity index (χ1) is 17.0. The van der Waals surface area contributed by atoms with Crippen molar-refractivity contribution in [3.8, 4) is 11.1 Å². The molecular formula is C28H25FN3O3+. The number of pyridine rings is 1. The Morgan fingerprint density at radius 1 is 1.06 bits per heavy atom. The van der Waals surface area contributed by atoms with Crippen molar-refractivity contribution in [3.63, 3.8) is 0 Å². The summed E-state index contributed by atoms with van der Waals surface area (Å²) in [6.45, 7) is 2.58. The van der Waals surface area contributed by atoms with Crippen molar-refractivity contribution >= 4 is 28.5 Å². The number of cyclic esters (lactones) is 1. The summed E-state index contributed by atoms with van der Waals surface area (Å²) in [7, 11) is 0. The number of ether oxygens (including phenoxy) is 1. The number of halogens is 1. The topological polar surface area (TPSA) is 62.5 Å². The predicted octanol–water partition coefficient (Wildman–Crippen LogP) is 4.44. The molecule has 176 valence electrons. The summed E-state index contributed by atoms with van der Waals surface area (Å²) in [5.41, 5.74) is 2.81. The third-order valence-electron chi connectivity index (χ3n) is 6.10. The molecule has 4 aromatic rings. The Bertz CT molecular complexity index is 1400. The molecule has 0 unspecified atom stereocenters. The van der Waals surface area contributed by atoms with Crippen LogP contribution in [0.3, 0.4) is 0 Å². The minimum absolute atomic E-state index is 0.198. The van der Waals surface area contributed by atoms with Crippen molar-refractivity contribution in [1.29, 1.82) is 0 Å². The van der Waals surface area contributed by atoms with Crippen molar-refractivity contribution in [2.75, 3.05) is 18.0 Å². The van der Waals surface area contributed by atoms with Crippen molar-refractivity contribution < 1.29 is 23.3 Å². The molecule has 0 saturated carbocycles.